The minimum absolute atomic E-state index is 0.0258. The molecule has 0 aliphatic carbocycles. The van der Waals surface area contributed by atoms with Crippen molar-refractivity contribution in [3.05, 3.63) is 24.3 Å². The SMILES string of the molecule is CC(C)S(=O)C(C)C(=O)Nc1ccc(N)cc1. The summed E-state index contributed by atoms with van der Waals surface area (Å²) < 4.78 is 11.8. The van der Waals surface area contributed by atoms with Crippen molar-refractivity contribution in [2.45, 2.75) is 31.3 Å². The van der Waals surface area contributed by atoms with Gasteiger partial charge in [0.15, 0.2) is 0 Å². The molecule has 2 unspecified atom stereocenters. The normalized spacial score (nSPS) is 14.4. The van der Waals surface area contributed by atoms with Crippen LogP contribution in [0.5, 0.6) is 0 Å². The summed E-state index contributed by atoms with van der Waals surface area (Å²) in [7, 11) is -1.16. The number of nitrogens with one attached hydrogen (secondary N) is 1. The quantitative estimate of drug-likeness (QED) is 0.804. The summed E-state index contributed by atoms with van der Waals surface area (Å²) in [4.78, 5) is 11.8. The summed E-state index contributed by atoms with van der Waals surface area (Å²) in [6.07, 6.45) is 0. The van der Waals surface area contributed by atoms with Crippen LogP contribution in [0.3, 0.4) is 0 Å². The molecule has 94 valence electrons. The van der Waals surface area contributed by atoms with Gasteiger partial charge in [-0.25, -0.2) is 0 Å². The Morgan fingerprint density at radius 2 is 1.76 bits per heavy atom. The van der Waals surface area contributed by atoms with Crippen molar-refractivity contribution < 1.29 is 9.00 Å². The first-order chi connectivity index (χ1) is 7.91. The van der Waals surface area contributed by atoms with Crippen LogP contribution in [0.25, 0.3) is 0 Å². The zero-order valence-corrected chi connectivity index (χ0v) is 11.1. The number of rotatable bonds is 4. The molecule has 0 heterocycles. The second-order valence-electron chi connectivity index (χ2n) is 4.13. The van der Waals surface area contributed by atoms with E-state index in [1.165, 1.54) is 0 Å². The number of hydrogen-bond acceptors (Lipinski definition) is 3. The molecule has 2 atom stereocenters. The lowest BCUT2D eigenvalue weighted by molar-refractivity contribution is -0.115. The van der Waals surface area contributed by atoms with Crippen molar-refractivity contribution in [3.8, 4) is 0 Å². The number of carbonyl (C=O) groups excluding carboxylic acids is 1. The van der Waals surface area contributed by atoms with E-state index in [1.54, 1.807) is 31.2 Å². The number of nitrogen functional groups attached to an aromatic ring is 1. The number of nitrogens with two attached hydrogens (primary N) is 1. The second kappa shape index (κ2) is 5.82. The molecule has 0 radical (unpaired) electrons. The molecule has 0 aliphatic rings. The fraction of sp³-hybridized carbons (Fsp3) is 0.417. The predicted molar refractivity (Wildman–Crippen MR) is 72.2 cm³/mol. The standard InChI is InChI=1S/C12H18N2O2S/c1-8(2)17(16)9(3)12(15)14-11-6-4-10(13)5-7-11/h4-9H,13H2,1-3H3,(H,14,15). The first-order valence-electron chi connectivity index (χ1n) is 5.47. The van der Waals surface area contributed by atoms with E-state index in [4.69, 9.17) is 5.73 Å². The van der Waals surface area contributed by atoms with Gasteiger partial charge in [-0.1, -0.05) is 13.8 Å². The highest BCUT2D eigenvalue weighted by Crippen LogP contribution is 2.12. The molecule has 1 rings (SSSR count). The van der Waals surface area contributed by atoms with Gasteiger partial charge in [-0.05, 0) is 31.2 Å². The van der Waals surface area contributed by atoms with Gasteiger partial charge >= 0.3 is 0 Å². The molecular weight excluding hydrogens is 236 g/mol. The van der Waals surface area contributed by atoms with E-state index in [0.29, 0.717) is 11.4 Å². The van der Waals surface area contributed by atoms with Crippen LogP contribution in [-0.4, -0.2) is 20.6 Å². The molecule has 0 aliphatic heterocycles. The third kappa shape index (κ3) is 3.85. The molecular formula is C12H18N2O2S. The fourth-order valence-corrected chi connectivity index (χ4v) is 2.41. The van der Waals surface area contributed by atoms with Crippen molar-refractivity contribution >= 4 is 28.1 Å². The molecule has 1 aromatic carbocycles. The summed E-state index contributed by atoms with van der Waals surface area (Å²) in [6, 6.07) is 6.86. The highest BCUT2D eigenvalue weighted by atomic mass is 32.2. The molecule has 0 fully saturated rings. The molecule has 1 aromatic rings. The van der Waals surface area contributed by atoms with Crippen LogP contribution in [0.1, 0.15) is 20.8 Å². The zero-order chi connectivity index (χ0) is 13.0. The Bertz CT molecular complexity index is 415. The van der Waals surface area contributed by atoms with Gasteiger partial charge in [0.05, 0.1) is 0 Å². The molecule has 0 aromatic heterocycles. The minimum Gasteiger partial charge on any atom is -0.399 e. The van der Waals surface area contributed by atoms with Crippen LogP contribution in [0.4, 0.5) is 11.4 Å². The summed E-state index contributed by atoms with van der Waals surface area (Å²) >= 11 is 0. The maximum absolute atomic E-state index is 11.8. The summed E-state index contributed by atoms with van der Waals surface area (Å²) in [5, 5.41) is 2.17. The molecule has 3 N–H and O–H groups in total. The van der Waals surface area contributed by atoms with Crippen LogP contribution in [0, 0.1) is 0 Å². The molecule has 17 heavy (non-hydrogen) atoms. The molecule has 5 heteroatoms. The van der Waals surface area contributed by atoms with Crippen LogP contribution >= 0.6 is 0 Å². The van der Waals surface area contributed by atoms with E-state index >= 15 is 0 Å². The van der Waals surface area contributed by atoms with E-state index in [9.17, 15) is 9.00 Å². The maximum Gasteiger partial charge on any atom is 0.239 e. The highest BCUT2D eigenvalue weighted by Gasteiger charge is 2.22. The lowest BCUT2D eigenvalue weighted by Crippen LogP contribution is -2.32. The summed E-state index contributed by atoms with van der Waals surface area (Å²) in [5.41, 5.74) is 6.85. The van der Waals surface area contributed by atoms with Gasteiger partial charge in [0.25, 0.3) is 0 Å². The second-order valence-corrected chi connectivity index (χ2v) is 6.44. The Morgan fingerprint density at radius 3 is 2.24 bits per heavy atom. The van der Waals surface area contributed by atoms with Gasteiger partial charge in [-0.15, -0.1) is 0 Å². The van der Waals surface area contributed by atoms with Crippen LogP contribution in [0.15, 0.2) is 24.3 Å². The molecule has 0 saturated heterocycles. The molecule has 0 spiro atoms. The van der Waals surface area contributed by atoms with E-state index in [2.05, 4.69) is 5.32 Å². The average molecular weight is 254 g/mol. The third-order valence-corrected chi connectivity index (χ3v) is 4.20. The van der Waals surface area contributed by atoms with Crippen LogP contribution in [0.2, 0.25) is 0 Å². The Balaban J connectivity index is 2.66. The fourth-order valence-electron chi connectivity index (χ4n) is 1.32. The van der Waals surface area contributed by atoms with E-state index in [1.807, 2.05) is 13.8 Å². The van der Waals surface area contributed by atoms with Gasteiger partial charge in [-0.2, -0.15) is 0 Å². The van der Waals surface area contributed by atoms with Crippen molar-refractivity contribution in [2.24, 2.45) is 0 Å². The molecule has 4 nitrogen and oxygen atoms in total. The van der Waals surface area contributed by atoms with Crippen molar-refractivity contribution in [3.63, 3.8) is 0 Å². The Kier molecular flexibility index (Phi) is 4.69. The number of anilines is 2. The average Bonchev–Trinajstić information content (AvgIpc) is 2.30. The third-order valence-electron chi connectivity index (χ3n) is 2.36. The maximum atomic E-state index is 11.8. The van der Waals surface area contributed by atoms with E-state index in [0.717, 1.165) is 0 Å². The first kappa shape index (κ1) is 13.7. The van der Waals surface area contributed by atoms with E-state index < -0.39 is 16.0 Å². The first-order valence-corrected chi connectivity index (χ1v) is 6.75. The topological polar surface area (TPSA) is 72.2 Å². The van der Waals surface area contributed by atoms with Crippen LogP contribution in [-0.2, 0) is 15.6 Å². The lowest BCUT2D eigenvalue weighted by atomic mass is 10.3. The number of amides is 1. The zero-order valence-electron chi connectivity index (χ0n) is 10.3. The van der Waals surface area contributed by atoms with Crippen molar-refractivity contribution in [1.82, 2.24) is 0 Å². The van der Waals surface area contributed by atoms with E-state index in [-0.39, 0.29) is 11.2 Å². The van der Waals surface area contributed by atoms with Gasteiger partial charge in [0.1, 0.15) is 5.25 Å². The predicted octanol–water partition coefficient (Wildman–Crippen LogP) is 1.75. The number of carbonyl (C=O) groups is 1. The smallest absolute Gasteiger partial charge is 0.239 e. The summed E-state index contributed by atoms with van der Waals surface area (Å²) in [6.45, 7) is 5.34. The monoisotopic (exact) mass is 254 g/mol. The Hall–Kier alpha value is -1.36. The Labute approximate surface area is 104 Å². The Morgan fingerprint density at radius 1 is 1.24 bits per heavy atom. The largest absolute Gasteiger partial charge is 0.399 e. The lowest BCUT2D eigenvalue weighted by Gasteiger charge is -2.14. The number of benzene rings is 1. The van der Waals surface area contributed by atoms with Gasteiger partial charge in [0, 0.05) is 27.4 Å². The molecule has 0 saturated carbocycles. The minimum atomic E-state index is -1.16. The van der Waals surface area contributed by atoms with Gasteiger partial charge in [-0.3, -0.25) is 9.00 Å². The van der Waals surface area contributed by atoms with Gasteiger partial charge < -0.3 is 11.1 Å². The highest BCUT2D eigenvalue weighted by molar-refractivity contribution is 7.87. The molecule has 0 bridgehead atoms. The van der Waals surface area contributed by atoms with Gasteiger partial charge in [0.2, 0.25) is 5.91 Å². The van der Waals surface area contributed by atoms with Crippen molar-refractivity contribution in [1.29, 1.82) is 0 Å². The van der Waals surface area contributed by atoms with Crippen LogP contribution < -0.4 is 11.1 Å². The number of hydrogen-bond donors (Lipinski definition) is 2. The molecule has 1 amide bonds. The van der Waals surface area contributed by atoms with Crippen molar-refractivity contribution in [2.75, 3.05) is 11.1 Å². The summed E-state index contributed by atoms with van der Waals surface area (Å²) in [5.74, 6) is -0.234.